The SMILES string of the molecule is CC(OC(=O)Nc1c(-c2ccc(NC3CC3C(C)C(=O)O)nc2)noc1F)c1ccccc1Cl. The molecule has 9 nitrogen and oxygen atoms in total. The van der Waals surface area contributed by atoms with Gasteiger partial charge in [-0.25, -0.2) is 9.78 Å². The highest BCUT2D eigenvalue weighted by Gasteiger charge is 2.44. The third-order valence-electron chi connectivity index (χ3n) is 5.75. The zero-order chi connectivity index (χ0) is 24.4. The van der Waals surface area contributed by atoms with Crippen LogP contribution in [0, 0.1) is 17.8 Å². The molecule has 0 spiro atoms. The van der Waals surface area contributed by atoms with Crippen molar-refractivity contribution in [2.45, 2.75) is 32.4 Å². The molecule has 0 saturated heterocycles. The number of carbonyl (C=O) groups is 2. The molecule has 4 atom stereocenters. The second kappa shape index (κ2) is 9.68. The fourth-order valence-electron chi connectivity index (χ4n) is 3.66. The molecule has 1 saturated carbocycles. The van der Waals surface area contributed by atoms with E-state index in [9.17, 15) is 14.0 Å². The summed E-state index contributed by atoms with van der Waals surface area (Å²) in [7, 11) is 0. The highest BCUT2D eigenvalue weighted by molar-refractivity contribution is 6.31. The molecule has 1 aromatic carbocycles. The normalized spacial score (nSPS) is 18.6. The van der Waals surface area contributed by atoms with Crippen LogP contribution in [-0.2, 0) is 9.53 Å². The van der Waals surface area contributed by atoms with Crippen LogP contribution in [0.2, 0.25) is 5.02 Å². The van der Waals surface area contributed by atoms with Crippen molar-refractivity contribution in [2.24, 2.45) is 11.8 Å². The topological polar surface area (TPSA) is 127 Å². The molecule has 0 aliphatic heterocycles. The first kappa shape index (κ1) is 23.5. The number of rotatable bonds is 8. The number of aromatic nitrogens is 2. The maximum absolute atomic E-state index is 14.2. The molecule has 2 heterocycles. The number of nitrogens with one attached hydrogen (secondary N) is 2. The van der Waals surface area contributed by atoms with E-state index in [1.54, 1.807) is 50.2 Å². The third-order valence-corrected chi connectivity index (χ3v) is 6.09. The monoisotopic (exact) mass is 488 g/mol. The average molecular weight is 489 g/mol. The first-order chi connectivity index (χ1) is 16.2. The minimum absolute atomic E-state index is 0.0288. The molecule has 2 aromatic heterocycles. The number of benzene rings is 1. The van der Waals surface area contributed by atoms with Crippen molar-refractivity contribution in [3.05, 3.63) is 59.2 Å². The van der Waals surface area contributed by atoms with Gasteiger partial charge in [-0.1, -0.05) is 41.9 Å². The minimum atomic E-state index is -1.08. The summed E-state index contributed by atoms with van der Waals surface area (Å²) in [6.45, 7) is 3.32. The molecular formula is C23H22ClFN4O5. The summed E-state index contributed by atoms with van der Waals surface area (Å²) in [6, 6.07) is 9.15. The van der Waals surface area contributed by atoms with Crippen molar-refractivity contribution in [3.8, 4) is 11.3 Å². The number of carbonyl (C=O) groups excluding carboxylic acids is 1. The molecule has 3 aromatic rings. The highest BCUT2D eigenvalue weighted by atomic mass is 35.5. The molecule has 3 N–H and O–H groups in total. The zero-order valence-corrected chi connectivity index (χ0v) is 19.0. The van der Waals surface area contributed by atoms with E-state index < -0.39 is 30.1 Å². The molecule has 1 aliphatic carbocycles. The summed E-state index contributed by atoms with van der Waals surface area (Å²) < 4.78 is 24.2. The summed E-state index contributed by atoms with van der Waals surface area (Å²) in [6.07, 6.45) is 0.603. The van der Waals surface area contributed by atoms with Gasteiger partial charge in [-0.3, -0.25) is 10.1 Å². The van der Waals surface area contributed by atoms with Crippen LogP contribution < -0.4 is 10.6 Å². The molecule has 11 heteroatoms. The third kappa shape index (κ3) is 5.12. The maximum atomic E-state index is 14.2. The predicted molar refractivity (Wildman–Crippen MR) is 122 cm³/mol. The van der Waals surface area contributed by atoms with Crippen molar-refractivity contribution in [2.75, 3.05) is 10.6 Å². The first-order valence-electron chi connectivity index (χ1n) is 10.6. The van der Waals surface area contributed by atoms with Gasteiger partial charge in [0, 0.05) is 28.4 Å². The van der Waals surface area contributed by atoms with Gasteiger partial charge in [0.05, 0.1) is 5.92 Å². The predicted octanol–water partition coefficient (Wildman–Crippen LogP) is 5.36. The molecule has 0 bridgehead atoms. The number of aliphatic carboxylic acids is 1. The lowest BCUT2D eigenvalue weighted by Crippen LogP contribution is -2.17. The van der Waals surface area contributed by atoms with Crippen molar-refractivity contribution in [3.63, 3.8) is 0 Å². The summed E-state index contributed by atoms with van der Waals surface area (Å²) >= 11 is 6.13. The van der Waals surface area contributed by atoms with Gasteiger partial charge in [0.1, 0.15) is 17.6 Å². The van der Waals surface area contributed by atoms with Gasteiger partial charge >= 0.3 is 18.1 Å². The van der Waals surface area contributed by atoms with Crippen LogP contribution in [0.25, 0.3) is 11.3 Å². The number of ether oxygens (including phenoxy) is 1. The number of nitrogens with zero attached hydrogens (tertiary/aromatic N) is 2. The number of amides is 1. The number of carboxylic acid groups (broad SMARTS) is 1. The van der Waals surface area contributed by atoms with Crippen LogP contribution in [0.4, 0.5) is 20.7 Å². The van der Waals surface area contributed by atoms with E-state index in [2.05, 4.69) is 25.3 Å². The minimum Gasteiger partial charge on any atom is -0.481 e. The van der Waals surface area contributed by atoms with Gasteiger partial charge in [-0.2, -0.15) is 4.39 Å². The van der Waals surface area contributed by atoms with Gasteiger partial charge in [-0.15, -0.1) is 0 Å². The van der Waals surface area contributed by atoms with Crippen LogP contribution in [0.1, 0.15) is 31.9 Å². The molecule has 4 rings (SSSR count). The number of hydrogen-bond acceptors (Lipinski definition) is 7. The van der Waals surface area contributed by atoms with Crippen molar-refractivity contribution >= 4 is 35.2 Å². The molecule has 178 valence electrons. The van der Waals surface area contributed by atoms with Gasteiger partial charge in [0.25, 0.3) is 0 Å². The second-order valence-electron chi connectivity index (χ2n) is 8.08. The van der Waals surface area contributed by atoms with Gasteiger partial charge in [0.2, 0.25) is 0 Å². The zero-order valence-electron chi connectivity index (χ0n) is 18.3. The van der Waals surface area contributed by atoms with Gasteiger partial charge in [-0.05, 0) is 37.5 Å². The largest absolute Gasteiger partial charge is 0.481 e. The van der Waals surface area contributed by atoms with E-state index in [0.29, 0.717) is 22.0 Å². The summed E-state index contributed by atoms with van der Waals surface area (Å²) in [4.78, 5) is 27.8. The lowest BCUT2D eigenvalue weighted by Gasteiger charge is -2.15. The lowest BCUT2D eigenvalue weighted by molar-refractivity contribution is -0.141. The number of halogens is 2. The lowest BCUT2D eigenvalue weighted by atomic mass is 10.1. The molecule has 0 radical (unpaired) electrons. The van der Waals surface area contributed by atoms with E-state index in [-0.39, 0.29) is 23.3 Å². The van der Waals surface area contributed by atoms with Crippen molar-refractivity contribution in [1.29, 1.82) is 0 Å². The van der Waals surface area contributed by atoms with Crippen LogP contribution in [-0.4, -0.2) is 33.4 Å². The summed E-state index contributed by atoms with van der Waals surface area (Å²) in [5.74, 6) is -0.687. The first-order valence-corrected chi connectivity index (χ1v) is 11.0. The average Bonchev–Trinajstić information content (AvgIpc) is 3.48. The Hall–Kier alpha value is -3.66. The van der Waals surface area contributed by atoms with Gasteiger partial charge < -0.3 is 19.7 Å². The summed E-state index contributed by atoms with van der Waals surface area (Å²) in [5, 5.41) is 18.7. The Morgan fingerprint density at radius 3 is 2.71 bits per heavy atom. The van der Waals surface area contributed by atoms with Crippen LogP contribution in [0.5, 0.6) is 0 Å². The summed E-state index contributed by atoms with van der Waals surface area (Å²) in [5.41, 5.74) is 0.770. The molecule has 1 aliphatic rings. The maximum Gasteiger partial charge on any atom is 0.412 e. The number of hydrogen-bond donors (Lipinski definition) is 3. The Kier molecular flexibility index (Phi) is 6.69. The highest BCUT2D eigenvalue weighted by Crippen LogP contribution is 2.40. The quantitative estimate of drug-likeness (QED) is 0.386. The molecule has 1 fully saturated rings. The van der Waals surface area contributed by atoms with Crippen molar-refractivity contribution < 1.29 is 28.3 Å². The Morgan fingerprint density at radius 1 is 1.26 bits per heavy atom. The molecule has 4 unspecified atom stereocenters. The molecular weight excluding hydrogens is 467 g/mol. The van der Waals surface area contributed by atoms with Crippen LogP contribution in [0.3, 0.4) is 0 Å². The molecule has 34 heavy (non-hydrogen) atoms. The Bertz CT molecular complexity index is 1200. The smallest absolute Gasteiger partial charge is 0.412 e. The Labute approximate surface area is 199 Å². The Morgan fingerprint density at radius 2 is 2.03 bits per heavy atom. The van der Waals surface area contributed by atoms with E-state index in [4.69, 9.17) is 21.4 Å². The van der Waals surface area contributed by atoms with E-state index in [1.807, 2.05) is 0 Å². The molecule has 1 amide bonds. The fourth-order valence-corrected chi connectivity index (χ4v) is 3.95. The van der Waals surface area contributed by atoms with Crippen LogP contribution >= 0.6 is 11.6 Å². The van der Waals surface area contributed by atoms with Gasteiger partial charge in [0.15, 0.2) is 5.69 Å². The van der Waals surface area contributed by atoms with Crippen LogP contribution in [0.15, 0.2) is 47.1 Å². The fraction of sp³-hybridized carbons (Fsp3) is 0.304. The van der Waals surface area contributed by atoms with E-state index >= 15 is 0 Å². The standard InChI is InChI=1S/C23H22ClFN4O5/c1-11(22(30)31)15-9-17(15)27-18-8-7-13(10-26-18)19-20(21(25)34-29-19)28-23(32)33-12(2)14-5-3-4-6-16(14)24/h3-8,10-12,15,17H,9H2,1-2H3,(H,26,27)(H,28,32)(H,30,31). The number of anilines is 2. The van der Waals surface area contributed by atoms with E-state index in [1.165, 1.54) is 6.20 Å². The number of pyridine rings is 1. The Balaban J connectivity index is 1.41. The second-order valence-corrected chi connectivity index (χ2v) is 8.49. The number of carboxylic acids is 1. The van der Waals surface area contributed by atoms with E-state index in [0.717, 1.165) is 6.42 Å². The van der Waals surface area contributed by atoms with Crippen molar-refractivity contribution in [1.82, 2.24) is 10.1 Å².